The molecular formula is C16H16N4S. The molecule has 0 atom stereocenters. The van der Waals surface area contributed by atoms with Crippen LogP contribution in [0.1, 0.15) is 30.2 Å². The number of aromatic nitrogens is 3. The first-order valence-corrected chi connectivity index (χ1v) is 8.11. The Morgan fingerprint density at radius 2 is 2.14 bits per heavy atom. The smallest absolute Gasteiger partial charge is 0.203 e. The zero-order valence-corrected chi connectivity index (χ0v) is 12.7. The van der Waals surface area contributed by atoms with Gasteiger partial charge in [-0.3, -0.25) is 4.98 Å². The van der Waals surface area contributed by atoms with E-state index in [1.165, 1.54) is 45.5 Å². The summed E-state index contributed by atoms with van der Waals surface area (Å²) in [5.74, 6) is 0. The molecule has 1 aliphatic carbocycles. The molecule has 106 valence electrons. The standard InChI is InChI=1S/C16H16N4S/c1-2-9-6-7-13-11(8-9)14(15-19-20-16(17)21-15)10-4-3-5-12(10)18-13/h6-8H,2-5H2,1H3,(H2,17,20). The second-order valence-electron chi connectivity index (χ2n) is 5.42. The summed E-state index contributed by atoms with van der Waals surface area (Å²) in [5.41, 5.74) is 11.9. The summed E-state index contributed by atoms with van der Waals surface area (Å²) in [6.07, 6.45) is 4.32. The number of nitrogen functional groups attached to an aromatic ring is 1. The van der Waals surface area contributed by atoms with E-state index in [0.717, 1.165) is 29.8 Å². The number of benzene rings is 1. The predicted octanol–water partition coefficient (Wildman–Crippen LogP) is 3.39. The van der Waals surface area contributed by atoms with Crippen molar-refractivity contribution in [2.75, 3.05) is 5.73 Å². The van der Waals surface area contributed by atoms with Crippen LogP contribution in [0.25, 0.3) is 21.5 Å². The highest BCUT2D eigenvalue weighted by molar-refractivity contribution is 7.18. The number of hydrogen-bond donors (Lipinski definition) is 1. The third kappa shape index (κ3) is 2.00. The first kappa shape index (κ1) is 12.7. The predicted molar refractivity (Wildman–Crippen MR) is 86.5 cm³/mol. The molecule has 2 heterocycles. The fourth-order valence-corrected chi connectivity index (χ4v) is 3.81. The zero-order valence-electron chi connectivity index (χ0n) is 11.9. The second kappa shape index (κ2) is 4.77. The molecule has 1 aromatic carbocycles. The van der Waals surface area contributed by atoms with Gasteiger partial charge >= 0.3 is 0 Å². The quantitative estimate of drug-likeness (QED) is 0.787. The minimum absolute atomic E-state index is 0.522. The molecule has 3 aromatic rings. The third-order valence-electron chi connectivity index (χ3n) is 4.14. The van der Waals surface area contributed by atoms with Crippen molar-refractivity contribution >= 4 is 27.4 Å². The van der Waals surface area contributed by atoms with Crippen molar-refractivity contribution in [2.24, 2.45) is 0 Å². The number of aryl methyl sites for hydroxylation is 2. The van der Waals surface area contributed by atoms with Gasteiger partial charge < -0.3 is 5.73 Å². The van der Waals surface area contributed by atoms with E-state index < -0.39 is 0 Å². The number of pyridine rings is 1. The highest BCUT2D eigenvalue weighted by Crippen LogP contribution is 2.39. The monoisotopic (exact) mass is 296 g/mol. The van der Waals surface area contributed by atoms with Crippen LogP contribution in [-0.2, 0) is 19.3 Å². The molecule has 5 heteroatoms. The van der Waals surface area contributed by atoms with Crippen LogP contribution in [0.2, 0.25) is 0 Å². The highest BCUT2D eigenvalue weighted by atomic mass is 32.1. The maximum Gasteiger partial charge on any atom is 0.203 e. The molecule has 0 radical (unpaired) electrons. The molecule has 0 fully saturated rings. The lowest BCUT2D eigenvalue weighted by Gasteiger charge is -2.11. The fraction of sp³-hybridized carbons (Fsp3) is 0.312. The Kier molecular flexibility index (Phi) is 2.89. The van der Waals surface area contributed by atoms with Crippen molar-refractivity contribution in [3.05, 3.63) is 35.0 Å². The Bertz CT molecular complexity index is 838. The Balaban J connectivity index is 2.09. The van der Waals surface area contributed by atoms with Crippen molar-refractivity contribution < 1.29 is 0 Å². The van der Waals surface area contributed by atoms with Gasteiger partial charge in [0.2, 0.25) is 5.13 Å². The first-order valence-electron chi connectivity index (χ1n) is 7.30. The Morgan fingerprint density at radius 1 is 1.24 bits per heavy atom. The average molecular weight is 296 g/mol. The van der Waals surface area contributed by atoms with Gasteiger partial charge in [0.25, 0.3) is 0 Å². The lowest BCUT2D eigenvalue weighted by molar-refractivity contribution is 0.901. The van der Waals surface area contributed by atoms with Crippen LogP contribution in [0.3, 0.4) is 0 Å². The molecule has 21 heavy (non-hydrogen) atoms. The van der Waals surface area contributed by atoms with E-state index in [9.17, 15) is 0 Å². The van der Waals surface area contributed by atoms with Crippen molar-refractivity contribution in [1.29, 1.82) is 0 Å². The number of hydrogen-bond acceptors (Lipinski definition) is 5. The molecule has 2 aromatic heterocycles. The van der Waals surface area contributed by atoms with Crippen LogP contribution in [0.15, 0.2) is 18.2 Å². The average Bonchev–Trinajstić information content (AvgIpc) is 3.12. The molecule has 1 aliphatic rings. The molecule has 2 N–H and O–H groups in total. The van der Waals surface area contributed by atoms with Crippen LogP contribution < -0.4 is 5.73 Å². The van der Waals surface area contributed by atoms with Crippen molar-refractivity contribution in [3.63, 3.8) is 0 Å². The number of nitrogens with zero attached hydrogens (tertiary/aromatic N) is 3. The van der Waals surface area contributed by atoms with Crippen molar-refractivity contribution in [2.45, 2.75) is 32.6 Å². The van der Waals surface area contributed by atoms with Gasteiger partial charge in [-0.2, -0.15) is 0 Å². The van der Waals surface area contributed by atoms with Gasteiger partial charge in [-0.1, -0.05) is 24.3 Å². The molecule has 0 aliphatic heterocycles. The summed E-state index contributed by atoms with van der Waals surface area (Å²) >= 11 is 1.46. The lowest BCUT2D eigenvalue weighted by atomic mass is 9.99. The Labute approximate surface area is 127 Å². The maximum atomic E-state index is 5.79. The van der Waals surface area contributed by atoms with Gasteiger partial charge in [0, 0.05) is 16.6 Å². The van der Waals surface area contributed by atoms with Crippen LogP contribution >= 0.6 is 11.3 Å². The maximum absolute atomic E-state index is 5.79. The molecule has 0 spiro atoms. The number of fused-ring (bicyclic) bond motifs is 2. The fourth-order valence-electron chi connectivity index (χ4n) is 3.11. The van der Waals surface area contributed by atoms with E-state index >= 15 is 0 Å². The largest absolute Gasteiger partial charge is 0.374 e. The van der Waals surface area contributed by atoms with Crippen LogP contribution in [0, 0.1) is 0 Å². The van der Waals surface area contributed by atoms with Crippen LogP contribution in [0.5, 0.6) is 0 Å². The van der Waals surface area contributed by atoms with Gasteiger partial charge in [-0.15, -0.1) is 10.2 Å². The van der Waals surface area contributed by atoms with E-state index in [4.69, 9.17) is 10.7 Å². The van der Waals surface area contributed by atoms with Crippen molar-refractivity contribution in [3.8, 4) is 10.6 Å². The van der Waals surface area contributed by atoms with Gasteiger partial charge in [-0.05, 0) is 48.9 Å². The van der Waals surface area contributed by atoms with E-state index in [1.807, 2.05) is 0 Å². The molecular weight excluding hydrogens is 280 g/mol. The highest BCUT2D eigenvalue weighted by Gasteiger charge is 2.22. The SMILES string of the molecule is CCc1ccc2nc3c(c(-c4nnc(N)s4)c2c1)CCC3. The molecule has 0 amide bonds. The second-order valence-corrected chi connectivity index (χ2v) is 6.43. The normalized spacial score (nSPS) is 13.8. The van der Waals surface area contributed by atoms with Gasteiger partial charge in [0.05, 0.1) is 5.52 Å². The molecule has 4 rings (SSSR count). The summed E-state index contributed by atoms with van der Waals surface area (Å²) in [6.45, 7) is 2.17. The summed E-state index contributed by atoms with van der Waals surface area (Å²) in [6, 6.07) is 6.53. The molecule has 0 saturated carbocycles. The zero-order chi connectivity index (χ0) is 14.4. The van der Waals surface area contributed by atoms with Crippen molar-refractivity contribution in [1.82, 2.24) is 15.2 Å². The lowest BCUT2D eigenvalue weighted by Crippen LogP contribution is -1.96. The van der Waals surface area contributed by atoms with Crippen LogP contribution in [0.4, 0.5) is 5.13 Å². The van der Waals surface area contributed by atoms with Crippen LogP contribution in [-0.4, -0.2) is 15.2 Å². The van der Waals surface area contributed by atoms with Gasteiger partial charge in [0.1, 0.15) is 0 Å². The number of nitrogens with two attached hydrogens (primary N) is 1. The van der Waals surface area contributed by atoms with Gasteiger partial charge in [0.15, 0.2) is 5.01 Å². The first-order chi connectivity index (χ1) is 10.3. The summed E-state index contributed by atoms with van der Waals surface area (Å²) in [4.78, 5) is 4.85. The van der Waals surface area contributed by atoms with E-state index in [0.29, 0.717) is 5.13 Å². The molecule has 4 nitrogen and oxygen atoms in total. The minimum atomic E-state index is 0.522. The van der Waals surface area contributed by atoms with E-state index in [-0.39, 0.29) is 0 Å². The number of rotatable bonds is 2. The number of anilines is 1. The molecule has 0 saturated heterocycles. The van der Waals surface area contributed by atoms with E-state index in [1.54, 1.807) is 0 Å². The van der Waals surface area contributed by atoms with Gasteiger partial charge in [-0.25, -0.2) is 0 Å². The Hall–Kier alpha value is -2.01. The summed E-state index contributed by atoms with van der Waals surface area (Å²) < 4.78 is 0. The minimum Gasteiger partial charge on any atom is -0.374 e. The summed E-state index contributed by atoms with van der Waals surface area (Å²) in [5, 5.41) is 10.9. The Morgan fingerprint density at radius 3 is 2.90 bits per heavy atom. The summed E-state index contributed by atoms with van der Waals surface area (Å²) in [7, 11) is 0. The third-order valence-corrected chi connectivity index (χ3v) is 4.91. The van der Waals surface area contributed by atoms with E-state index in [2.05, 4.69) is 35.3 Å². The topological polar surface area (TPSA) is 64.7 Å². The molecule has 0 unspecified atom stereocenters. The molecule has 0 bridgehead atoms.